The molecular weight excluding hydrogens is 308 g/mol. The smallest absolute Gasteiger partial charge is 0.124 e. The first-order valence-electron chi connectivity index (χ1n) is 6.65. The van der Waals surface area contributed by atoms with Crippen LogP contribution in [-0.2, 0) is 0 Å². The van der Waals surface area contributed by atoms with Crippen LogP contribution in [0.5, 0.6) is 5.75 Å². The molecule has 1 aliphatic heterocycles. The second-order valence-corrected chi connectivity index (χ2v) is 5.62. The minimum Gasteiger partial charge on any atom is -0.496 e. The zero-order chi connectivity index (χ0) is 13.7. The van der Waals surface area contributed by atoms with Gasteiger partial charge in [-0.1, -0.05) is 22.0 Å². The van der Waals surface area contributed by atoms with E-state index in [1.165, 1.54) is 0 Å². The third kappa shape index (κ3) is 3.69. The van der Waals surface area contributed by atoms with Crippen LogP contribution in [0.25, 0.3) is 0 Å². The van der Waals surface area contributed by atoms with Gasteiger partial charge in [-0.15, -0.1) is 0 Å². The van der Waals surface area contributed by atoms with Crippen LogP contribution in [-0.4, -0.2) is 49.9 Å². The van der Waals surface area contributed by atoms with Crippen molar-refractivity contribution < 1.29 is 9.84 Å². The molecule has 19 heavy (non-hydrogen) atoms. The molecule has 4 nitrogen and oxygen atoms in total. The molecule has 0 saturated carbocycles. The van der Waals surface area contributed by atoms with Crippen LogP contribution in [0.3, 0.4) is 0 Å². The zero-order valence-corrected chi connectivity index (χ0v) is 12.8. The van der Waals surface area contributed by atoms with Gasteiger partial charge >= 0.3 is 0 Å². The molecule has 1 aromatic rings. The Morgan fingerprint density at radius 1 is 1.42 bits per heavy atom. The number of rotatable bonds is 5. The van der Waals surface area contributed by atoms with Crippen molar-refractivity contribution in [1.29, 1.82) is 0 Å². The van der Waals surface area contributed by atoms with Crippen LogP contribution in [0.4, 0.5) is 0 Å². The number of nitrogens with zero attached hydrogens (tertiary/aromatic N) is 1. The Morgan fingerprint density at radius 2 is 2.16 bits per heavy atom. The van der Waals surface area contributed by atoms with Crippen molar-refractivity contribution in [2.24, 2.45) is 0 Å². The molecule has 5 heteroatoms. The third-order valence-electron chi connectivity index (χ3n) is 3.55. The number of halogens is 1. The van der Waals surface area contributed by atoms with E-state index in [1.807, 2.05) is 12.1 Å². The lowest BCUT2D eigenvalue weighted by Gasteiger charge is -2.35. The molecule has 2 rings (SSSR count). The van der Waals surface area contributed by atoms with Crippen LogP contribution in [0.1, 0.15) is 18.0 Å². The Morgan fingerprint density at radius 3 is 2.79 bits per heavy atom. The number of nitrogens with one attached hydrogen (secondary N) is 1. The van der Waals surface area contributed by atoms with Crippen molar-refractivity contribution in [1.82, 2.24) is 10.2 Å². The van der Waals surface area contributed by atoms with Gasteiger partial charge in [0.1, 0.15) is 5.75 Å². The first-order valence-corrected chi connectivity index (χ1v) is 7.44. The van der Waals surface area contributed by atoms with Gasteiger partial charge in [0.2, 0.25) is 0 Å². The number of ether oxygens (including phenoxy) is 1. The van der Waals surface area contributed by atoms with E-state index >= 15 is 0 Å². The third-order valence-corrected chi connectivity index (χ3v) is 4.04. The molecular formula is C14H21BrN2O2. The Kier molecular flexibility index (Phi) is 5.63. The largest absolute Gasteiger partial charge is 0.496 e. The average molecular weight is 329 g/mol. The lowest BCUT2D eigenvalue weighted by molar-refractivity contribution is 0.139. The van der Waals surface area contributed by atoms with Crippen molar-refractivity contribution in [3.05, 3.63) is 28.2 Å². The molecule has 1 aliphatic rings. The van der Waals surface area contributed by atoms with Gasteiger partial charge in [0.15, 0.2) is 0 Å². The molecule has 2 N–H and O–H groups in total. The zero-order valence-electron chi connectivity index (χ0n) is 11.2. The number of hydrogen-bond donors (Lipinski definition) is 2. The summed E-state index contributed by atoms with van der Waals surface area (Å²) in [6, 6.07) is 6.33. The molecule has 1 heterocycles. The van der Waals surface area contributed by atoms with Crippen LogP contribution < -0.4 is 10.1 Å². The van der Waals surface area contributed by atoms with Crippen LogP contribution in [0, 0.1) is 0 Å². The highest BCUT2D eigenvalue weighted by atomic mass is 79.9. The minimum atomic E-state index is 0.188. The number of benzene rings is 1. The summed E-state index contributed by atoms with van der Waals surface area (Å²) < 4.78 is 6.50. The number of aliphatic hydroxyl groups excluding tert-OH is 1. The number of piperazine rings is 1. The van der Waals surface area contributed by atoms with Crippen molar-refractivity contribution in [2.45, 2.75) is 12.5 Å². The van der Waals surface area contributed by atoms with E-state index in [2.05, 4.69) is 32.2 Å². The molecule has 0 aliphatic carbocycles. The van der Waals surface area contributed by atoms with E-state index in [4.69, 9.17) is 4.74 Å². The maximum absolute atomic E-state index is 9.35. The van der Waals surface area contributed by atoms with E-state index in [1.54, 1.807) is 7.11 Å². The standard InChI is InChI=1S/C14H21BrN2O2/c1-19-14-10-11(15)2-3-12(14)13(4-9-18)17-7-5-16-6-8-17/h2-3,10,13,16,18H,4-9H2,1H3/t13-/m1/s1. The quantitative estimate of drug-likeness (QED) is 0.865. The second-order valence-electron chi connectivity index (χ2n) is 4.70. The van der Waals surface area contributed by atoms with Gasteiger partial charge in [-0.05, 0) is 18.6 Å². The van der Waals surface area contributed by atoms with E-state index in [-0.39, 0.29) is 12.6 Å². The fraction of sp³-hybridized carbons (Fsp3) is 0.571. The summed E-state index contributed by atoms with van der Waals surface area (Å²) in [6.07, 6.45) is 0.734. The summed E-state index contributed by atoms with van der Waals surface area (Å²) in [5.74, 6) is 0.881. The SMILES string of the molecule is COc1cc(Br)ccc1[C@@H](CCO)N1CCNCC1. The summed E-state index contributed by atoms with van der Waals surface area (Å²) >= 11 is 3.47. The normalized spacial score (nSPS) is 18.3. The van der Waals surface area contributed by atoms with E-state index in [0.29, 0.717) is 0 Å². The number of aliphatic hydroxyl groups is 1. The molecule has 0 radical (unpaired) electrons. The molecule has 1 saturated heterocycles. The second kappa shape index (κ2) is 7.24. The molecule has 0 unspecified atom stereocenters. The monoisotopic (exact) mass is 328 g/mol. The van der Waals surface area contributed by atoms with Crippen LogP contribution >= 0.6 is 15.9 Å². The Labute approximate surface area is 122 Å². The molecule has 0 bridgehead atoms. The molecule has 0 spiro atoms. The summed E-state index contributed by atoms with van der Waals surface area (Å²) in [7, 11) is 1.69. The van der Waals surface area contributed by atoms with Gasteiger partial charge in [0.25, 0.3) is 0 Å². The molecule has 0 aromatic heterocycles. The highest BCUT2D eigenvalue weighted by Gasteiger charge is 2.24. The van der Waals surface area contributed by atoms with Gasteiger partial charge in [-0.2, -0.15) is 0 Å². The predicted octanol–water partition coefficient (Wildman–Crippen LogP) is 1.79. The summed E-state index contributed by atoms with van der Waals surface area (Å²) in [6.45, 7) is 4.20. The summed E-state index contributed by atoms with van der Waals surface area (Å²) in [4.78, 5) is 2.42. The fourth-order valence-corrected chi connectivity index (χ4v) is 2.95. The summed E-state index contributed by atoms with van der Waals surface area (Å²) in [5, 5.41) is 12.7. The Bertz CT molecular complexity index is 408. The lowest BCUT2D eigenvalue weighted by atomic mass is 10.0. The number of hydrogen-bond acceptors (Lipinski definition) is 4. The van der Waals surface area contributed by atoms with Crippen molar-refractivity contribution in [3.8, 4) is 5.75 Å². The highest BCUT2D eigenvalue weighted by Crippen LogP contribution is 2.33. The van der Waals surface area contributed by atoms with E-state index in [0.717, 1.165) is 48.4 Å². The van der Waals surface area contributed by atoms with Gasteiger partial charge in [-0.3, -0.25) is 4.90 Å². The van der Waals surface area contributed by atoms with Gasteiger partial charge in [0, 0.05) is 48.9 Å². The highest BCUT2D eigenvalue weighted by molar-refractivity contribution is 9.10. The Balaban J connectivity index is 2.26. The minimum absolute atomic E-state index is 0.188. The van der Waals surface area contributed by atoms with Crippen LogP contribution in [0.2, 0.25) is 0 Å². The van der Waals surface area contributed by atoms with Crippen molar-refractivity contribution >= 4 is 15.9 Å². The molecule has 1 atom stereocenters. The van der Waals surface area contributed by atoms with E-state index in [9.17, 15) is 5.11 Å². The van der Waals surface area contributed by atoms with Crippen LogP contribution in [0.15, 0.2) is 22.7 Å². The number of methoxy groups -OCH3 is 1. The van der Waals surface area contributed by atoms with Gasteiger partial charge in [0.05, 0.1) is 7.11 Å². The maximum atomic E-state index is 9.35. The maximum Gasteiger partial charge on any atom is 0.124 e. The lowest BCUT2D eigenvalue weighted by Crippen LogP contribution is -2.45. The van der Waals surface area contributed by atoms with E-state index < -0.39 is 0 Å². The van der Waals surface area contributed by atoms with Crippen molar-refractivity contribution in [2.75, 3.05) is 39.9 Å². The molecule has 1 fully saturated rings. The Hall–Kier alpha value is -0.620. The fourth-order valence-electron chi connectivity index (χ4n) is 2.61. The molecule has 106 valence electrons. The van der Waals surface area contributed by atoms with Gasteiger partial charge in [-0.25, -0.2) is 0 Å². The average Bonchev–Trinajstić information content (AvgIpc) is 2.46. The summed E-state index contributed by atoms with van der Waals surface area (Å²) in [5.41, 5.74) is 1.15. The van der Waals surface area contributed by atoms with Crippen molar-refractivity contribution in [3.63, 3.8) is 0 Å². The molecule has 0 amide bonds. The molecule has 1 aromatic carbocycles. The predicted molar refractivity (Wildman–Crippen MR) is 79.6 cm³/mol. The topological polar surface area (TPSA) is 44.7 Å². The first kappa shape index (κ1) is 14.8. The van der Waals surface area contributed by atoms with Gasteiger partial charge < -0.3 is 15.2 Å². The first-order chi connectivity index (χ1) is 9.26.